The second-order valence-electron chi connectivity index (χ2n) is 7.51. The van der Waals surface area contributed by atoms with Crippen LogP contribution in [0.3, 0.4) is 0 Å². The minimum absolute atomic E-state index is 0.0766. The van der Waals surface area contributed by atoms with Crippen molar-refractivity contribution >= 4 is 17.6 Å². The molecule has 2 heterocycles. The minimum Gasteiger partial charge on any atom is -0.357 e. The Hall–Kier alpha value is -2.96. The molecule has 0 spiro atoms. The Morgan fingerprint density at radius 2 is 1.93 bits per heavy atom. The van der Waals surface area contributed by atoms with Gasteiger partial charge in [0.1, 0.15) is 5.82 Å². The van der Waals surface area contributed by atoms with E-state index in [-0.39, 0.29) is 23.6 Å². The summed E-state index contributed by atoms with van der Waals surface area (Å²) in [6.07, 6.45) is 3.25. The quantitative estimate of drug-likeness (QED) is 0.628. The Morgan fingerprint density at radius 1 is 1.24 bits per heavy atom. The van der Waals surface area contributed by atoms with Crippen LogP contribution in [0.1, 0.15) is 51.3 Å². The largest absolute Gasteiger partial charge is 0.357 e. The molecule has 1 amide bonds. The highest BCUT2D eigenvalue weighted by Crippen LogP contribution is 2.28. The van der Waals surface area contributed by atoms with Crippen LogP contribution in [0.5, 0.6) is 0 Å². The Morgan fingerprint density at radius 3 is 2.48 bits per heavy atom. The Balaban J connectivity index is 0.000000438. The van der Waals surface area contributed by atoms with Gasteiger partial charge in [0.2, 0.25) is 6.41 Å². The number of nitrogens with zero attached hydrogens (tertiary/aromatic N) is 2. The molecule has 0 radical (unpaired) electrons. The highest BCUT2D eigenvalue weighted by molar-refractivity contribution is 5.79. The van der Waals surface area contributed by atoms with Crippen molar-refractivity contribution in [2.75, 3.05) is 0 Å². The molecule has 0 unspecified atom stereocenters. The number of benzene rings is 1. The summed E-state index contributed by atoms with van der Waals surface area (Å²) >= 11 is 0. The third-order valence-corrected chi connectivity index (χ3v) is 4.79. The Bertz CT molecular complexity index is 1050. The molecule has 1 atom stereocenters. The summed E-state index contributed by atoms with van der Waals surface area (Å²) < 4.78 is 15.6. The Kier molecular flexibility index (Phi) is 7.31. The summed E-state index contributed by atoms with van der Waals surface area (Å²) in [5, 5.41) is 2.53. The molecule has 2 N–H and O–H groups in total. The summed E-state index contributed by atoms with van der Waals surface area (Å²) in [7, 11) is 0. The molecule has 0 aliphatic heterocycles. The highest BCUT2D eigenvalue weighted by Gasteiger charge is 2.15. The van der Waals surface area contributed by atoms with Gasteiger partial charge < -0.3 is 10.3 Å². The number of nitrogens with one attached hydrogen (secondary N) is 2. The summed E-state index contributed by atoms with van der Waals surface area (Å²) in [5.41, 5.74) is 4.19. The van der Waals surface area contributed by atoms with Crippen molar-refractivity contribution in [1.82, 2.24) is 19.9 Å². The van der Waals surface area contributed by atoms with Gasteiger partial charge in [0.25, 0.3) is 0 Å². The molecular weight excluding hydrogens is 371 g/mol. The van der Waals surface area contributed by atoms with Crippen molar-refractivity contribution in [1.29, 1.82) is 0 Å². The number of imidazole rings is 1. The van der Waals surface area contributed by atoms with Crippen LogP contribution >= 0.6 is 0 Å². The van der Waals surface area contributed by atoms with Crippen LogP contribution in [0, 0.1) is 19.7 Å². The van der Waals surface area contributed by atoms with Gasteiger partial charge in [-0.15, -0.1) is 0 Å². The van der Waals surface area contributed by atoms with Crippen molar-refractivity contribution in [2.24, 2.45) is 0 Å². The van der Waals surface area contributed by atoms with Crippen molar-refractivity contribution in [3.63, 3.8) is 0 Å². The number of hydrogen-bond donors (Lipinski definition) is 2. The number of aryl methyl sites for hydroxylation is 1. The maximum atomic E-state index is 14.0. The molecule has 156 valence electrons. The fourth-order valence-corrected chi connectivity index (χ4v) is 3.00. The van der Waals surface area contributed by atoms with Gasteiger partial charge in [-0.1, -0.05) is 13.0 Å². The van der Waals surface area contributed by atoms with E-state index in [9.17, 15) is 14.0 Å². The molecule has 3 rings (SSSR count). The number of fused-ring (bicyclic) bond motifs is 1. The number of rotatable bonds is 5. The number of aromatic nitrogens is 3. The third-order valence-electron chi connectivity index (χ3n) is 4.79. The van der Waals surface area contributed by atoms with Crippen LogP contribution in [0.2, 0.25) is 0 Å². The van der Waals surface area contributed by atoms with Gasteiger partial charge in [-0.2, -0.15) is 0 Å². The molecule has 7 heteroatoms. The monoisotopic (exact) mass is 400 g/mol. The first-order valence-electron chi connectivity index (χ1n) is 9.76. The lowest BCUT2D eigenvalue weighted by atomic mass is 9.99. The van der Waals surface area contributed by atoms with E-state index in [4.69, 9.17) is 0 Å². The number of hydrogen-bond acceptors (Lipinski definition) is 3. The van der Waals surface area contributed by atoms with Gasteiger partial charge in [-0.05, 0) is 69.9 Å². The van der Waals surface area contributed by atoms with E-state index in [0.29, 0.717) is 23.1 Å². The Labute approximate surface area is 170 Å². The second-order valence-corrected chi connectivity index (χ2v) is 7.51. The van der Waals surface area contributed by atoms with Crippen molar-refractivity contribution < 1.29 is 9.18 Å². The summed E-state index contributed by atoms with van der Waals surface area (Å²) in [4.78, 5) is 29.0. The highest BCUT2D eigenvalue weighted by atomic mass is 19.1. The molecule has 0 bridgehead atoms. The fraction of sp³-hybridized carbons (Fsp3) is 0.409. The molecule has 29 heavy (non-hydrogen) atoms. The number of H-pyrrole nitrogens is 1. The number of carbonyl (C=O) groups is 1. The minimum atomic E-state index is -0.231. The first-order chi connectivity index (χ1) is 13.7. The van der Waals surface area contributed by atoms with Gasteiger partial charge in [0.05, 0.1) is 5.52 Å². The summed E-state index contributed by atoms with van der Waals surface area (Å²) in [6.45, 7) is 11.5. The SMILES string of the molecule is CC(C)NC=O.CC[C@H](C)n1c(=O)[nH]c2cc(-c3cc(C)cc(F)c3C)cnc21. The van der Waals surface area contributed by atoms with E-state index in [1.54, 1.807) is 17.7 Å². The zero-order valence-corrected chi connectivity index (χ0v) is 17.8. The predicted molar refractivity (Wildman–Crippen MR) is 115 cm³/mol. The van der Waals surface area contributed by atoms with Crippen molar-refractivity contribution in [2.45, 2.75) is 60.0 Å². The molecule has 3 aromatic rings. The zero-order valence-electron chi connectivity index (χ0n) is 17.8. The lowest BCUT2D eigenvalue weighted by Gasteiger charge is -2.11. The molecule has 0 saturated heterocycles. The van der Waals surface area contributed by atoms with Crippen LogP contribution in [0.15, 0.2) is 29.2 Å². The normalized spacial score (nSPS) is 11.9. The van der Waals surface area contributed by atoms with E-state index in [1.807, 2.05) is 46.8 Å². The second kappa shape index (κ2) is 9.49. The van der Waals surface area contributed by atoms with E-state index in [1.165, 1.54) is 6.07 Å². The molecule has 0 aliphatic rings. The van der Waals surface area contributed by atoms with Gasteiger partial charge in [-0.3, -0.25) is 9.36 Å². The van der Waals surface area contributed by atoms with Crippen LogP contribution in [0.4, 0.5) is 4.39 Å². The van der Waals surface area contributed by atoms with Crippen LogP contribution in [-0.4, -0.2) is 27.0 Å². The maximum Gasteiger partial charge on any atom is 0.327 e. The average Bonchev–Trinajstić information content (AvgIpc) is 2.99. The van der Waals surface area contributed by atoms with Gasteiger partial charge >= 0.3 is 5.69 Å². The number of halogens is 1. The van der Waals surface area contributed by atoms with Crippen molar-refractivity contribution in [3.8, 4) is 11.1 Å². The van der Waals surface area contributed by atoms with Gasteiger partial charge in [-0.25, -0.2) is 14.2 Å². The van der Waals surface area contributed by atoms with E-state index < -0.39 is 0 Å². The topological polar surface area (TPSA) is 79.8 Å². The van der Waals surface area contributed by atoms with Crippen LogP contribution in [0.25, 0.3) is 22.3 Å². The summed E-state index contributed by atoms with van der Waals surface area (Å²) in [5.74, 6) is -0.231. The molecule has 0 aliphatic carbocycles. The summed E-state index contributed by atoms with van der Waals surface area (Å²) in [6, 6.07) is 5.68. The van der Waals surface area contributed by atoms with Gasteiger partial charge in [0, 0.05) is 23.8 Å². The number of carbonyl (C=O) groups excluding carboxylic acids is 1. The molecule has 1 aromatic carbocycles. The zero-order chi connectivity index (χ0) is 21.7. The fourth-order valence-electron chi connectivity index (χ4n) is 3.00. The van der Waals surface area contributed by atoms with Crippen LogP contribution < -0.4 is 11.0 Å². The first kappa shape index (κ1) is 22.3. The molecule has 0 saturated carbocycles. The van der Waals surface area contributed by atoms with E-state index in [0.717, 1.165) is 23.1 Å². The standard InChI is InChI=1S/C18H20FN3O.C4H9NO/c1-5-11(3)22-17-16(21-18(22)23)8-13(9-20-17)14-6-10(2)7-15(19)12(14)4;1-4(2)5-3-6/h6-9,11H,5H2,1-4H3,(H,21,23);3-4H,1-2H3,(H,5,6)/t11-;/m0./s1. The van der Waals surface area contributed by atoms with Crippen LogP contribution in [-0.2, 0) is 4.79 Å². The van der Waals surface area contributed by atoms with E-state index >= 15 is 0 Å². The smallest absolute Gasteiger partial charge is 0.327 e. The average molecular weight is 400 g/mol. The maximum absolute atomic E-state index is 14.0. The first-order valence-corrected chi connectivity index (χ1v) is 9.76. The lowest BCUT2D eigenvalue weighted by molar-refractivity contribution is -0.109. The molecule has 6 nitrogen and oxygen atoms in total. The lowest BCUT2D eigenvalue weighted by Crippen LogP contribution is -2.20. The van der Waals surface area contributed by atoms with Gasteiger partial charge in [0.15, 0.2) is 5.65 Å². The molecular formula is C22H29FN4O2. The predicted octanol–water partition coefficient (Wildman–Crippen LogP) is 4.26. The van der Waals surface area contributed by atoms with Crippen molar-refractivity contribution in [3.05, 3.63) is 51.8 Å². The third kappa shape index (κ3) is 5.10. The molecule has 2 aromatic heterocycles. The number of amides is 1. The number of pyridine rings is 1. The van der Waals surface area contributed by atoms with E-state index in [2.05, 4.69) is 15.3 Å². The number of aromatic amines is 1. The molecule has 0 fully saturated rings.